The van der Waals surface area contributed by atoms with E-state index in [1.807, 2.05) is 0 Å². The van der Waals surface area contributed by atoms with E-state index in [1.54, 1.807) is 14.1 Å². The number of carbonyl (C=O) groups is 1. The first kappa shape index (κ1) is 13.9. The van der Waals surface area contributed by atoms with Crippen LogP contribution in [-0.4, -0.2) is 36.4 Å². The molecule has 1 aromatic carbocycles. The number of nitro groups is 1. The van der Waals surface area contributed by atoms with Crippen molar-refractivity contribution in [1.29, 1.82) is 0 Å². The van der Waals surface area contributed by atoms with Gasteiger partial charge in [0, 0.05) is 39.2 Å². The van der Waals surface area contributed by atoms with Crippen molar-refractivity contribution < 1.29 is 14.1 Å². The van der Waals surface area contributed by atoms with Crippen molar-refractivity contribution in [3.8, 4) is 0 Å². The molecule has 0 saturated carbocycles. The van der Waals surface area contributed by atoms with E-state index in [4.69, 9.17) is 0 Å². The van der Waals surface area contributed by atoms with Gasteiger partial charge in [0.1, 0.15) is 11.5 Å². The topological polar surface area (TPSA) is 75.5 Å². The number of halogens is 1. The Morgan fingerprint density at radius 3 is 2.72 bits per heavy atom. The molecule has 98 valence electrons. The van der Waals surface area contributed by atoms with E-state index in [-0.39, 0.29) is 30.2 Å². The van der Waals surface area contributed by atoms with Crippen LogP contribution in [0.5, 0.6) is 0 Å². The van der Waals surface area contributed by atoms with Crippen molar-refractivity contribution in [1.82, 2.24) is 4.90 Å². The highest BCUT2D eigenvalue weighted by Crippen LogP contribution is 2.24. The molecule has 0 unspecified atom stereocenters. The van der Waals surface area contributed by atoms with E-state index in [0.717, 1.165) is 18.2 Å². The molecule has 18 heavy (non-hydrogen) atoms. The molecule has 0 fully saturated rings. The molecule has 0 heterocycles. The second-order valence-electron chi connectivity index (χ2n) is 3.88. The molecule has 0 aliphatic heterocycles. The van der Waals surface area contributed by atoms with Gasteiger partial charge in [-0.1, -0.05) is 0 Å². The summed E-state index contributed by atoms with van der Waals surface area (Å²) in [5.74, 6) is -0.677. The van der Waals surface area contributed by atoms with Crippen molar-refractivity contribution in [3.63, 3.8) is 0 Å². The standard InChI is InChI=1S/C11H14FN3O3/c1-14(2)11(16)5-6-13-9-7-8(12)3-4-10(9)15(17)18/h3-4,7,13H,5-6H2,1-2H3. The number of rotatable bonds is 5. The number of amides is 1. The minimum atomic E-state index is -0.602. The smallest absolute Gasteiger partial charge is 0.292 e. The predicted octanol–water partition coefficient (Wildman–Crippen LogP) is 1.62. The number of hydrogen-bond donors (Lipinski definition) is 1. The second-order valence-corrected chi connectivity index (χ2v) is 3.88. The van der Waals surface area contributed by atoms with Crippen LogP contribution in [0.2, 0.25) is 0 Å². The molecule has 0 aromatic heterocycles. The Bertz CT molecular complexity index is 463. The normalized spacial score (nSPS) is 9.94. The van der Waals surface area contributed by atoms with Gasteiger partial charge in [0.15, 0.2) is 0 Å². The molecule has 7 heteroatoms. The Kier molecular flexibility index (Phi) is 4.59. The quantitative estimate of drug-likeness (QED) is 0.640. The van der Waals surface area contributed by atoms with Gasteiger partial charge < -0.3 is 10.2 Å². The number of carbonyl (C=O) groups excluding carboxylic acids is 1. The lowest BCUT2D eigenvalue weighted by molar-refractivity contribution is -0.384. The Morgan fingerprint density at radius 1 is 1.50 bits per heavy atom. The largest absolute Gasteiger partial charge is 0.379 e. The Balaban J connectivity index is 2.69. The van der Waals surface area contributed by atoms with Crippen LogP contribution in [0.4, 0.5) is 15.8 Å². The summed E-state index contributed by atoms with van der Waals surface area (Å²) in [4.78, 5) is 22.8. The van der Waals surface area contributed by atoms with Crippen LogP contribution in [0, 0.1) is 15.9 Å². The Labute approximate surface area is 104 Å². The number of benzene rings is 1. The number of nitrogens with one attached hydrogen (secondary N) is 1. The summed E-state index contributed by atoms with van der Waals surface area (Å²) < 4.78 is 13.0. The van der Waals surface area contributed by atoms with Gasteiger partial charge in [-0.3, -0.25) is 14.9 Å². The summed E-state index contributed by atoms with van der Waals surface area (Å²) in [6.45, 7) is 0.210. The Hall–Kier alpha value is -2.18. The zero-order valence-electron chi connectivity index (χ0n) is 10.1. The molecular formula is C11H14FN3O3. The van der Waals surface area contributed by atoms with Crippen LogP contribution in [0.15, 0.2) is 18.2 Å². The maximum atomic E-state index is 13.0. The highest BCUT2D eigenvalue weighted by atomic mass is 19.1. The van der Waals surface area contributed by atoms with Crippen LogP contribution in [0.25, 0.3) is 0 Å². The second kappa shape index (κ2) is 5.95. The van der Waals surface area contributed by atoms with Crippen LogP contribution >= 0.6 is 0 Å². The molecule has 1 aromatic rings. The Morgan fingerprint density at radius 2 is 2.17 bits per heavy atom. The molecule has 0 bridgehead atoms. The van der Waals surface area contributed by atoms with E-state index in [9.17, 15) is 19.3 Å². The SMILES string of the molecule is CN(C)C(=O)CCNc1cc(F)ccc1[N+](=O)[O-]. The summed E-state index contributed by atoms with van der Waals surface area (Å²) in [5, 5.41) is 13.4. The molecule has 0 atom stereocenters. The predicted molar refractivity (Wildman–Crippen MR) is 64.9 cm³/mol. The fourth-order valence-corrected chi connectivity index (χ4v) is 1.34. The first-order valence-corrected chi connectivity index (χ1v) is 5.30. The zero-order chi connectivity index (χ0) is 13.7. The molecule has 0 radical (unpaired) electrons. The van der Waals surface area contributed by atoms with Crippen molar-refractivity contribution in [2.24, 2.45) is 0 Å². The summed E-state index contributed by atoms with van der Waals surface area (Å²) in [5.41, 5.74) is -0.139. The summed E-state index contributed by atoms with van der Waals surface area (Å²) in [7, 11) is 3.24. The van der Waals surface area contributed by atoms with Gasteiger partial charge in [0.25, 0.3) is 5.69 Å². The molecule has 0 saturated heterocycles. The fraction of sp³-hybridized carbons (Fsp3) is 0.364. The summed E-state index contributed by atoms with van der Waals surface area (Å²) >= 11 is 0. The fourth-order valence-electron chi connectivity index (χ4n) is 1.34. The van der Waals surface area contributed by atoms with Crippen LogP contribution in [0.1, 0.15) is 6.42 Å². The van der Waals surface area contributed by atoms with Gasteiger partial charge in [-0.25, -0.2) is 4.39 Å². The third-order valence-electron chi connectivity index (χ3n) is 2.31. The summed E-state index contributed by atoms with van der Waals surface area (Å²) in [6, 6.07) is 3.15. The van der Waals surface area contributed by atoms with Crippen molar-refractivity contribution in [3.05, 3.63) is 34.1 Å². The molecule has 0 spiro atoms. The zero-order valence-corrected chi connectivity index (χ0v) is 10.1. The number of anilines is 1. The molecule has 0 aliphatic rings. The van der Waals surface area contributed by atoms with E-state index < -0.39 is 10.7 Å². The molecule has 0 aliphatic carbocycles. The maximum absolute atomic E-state index is 13.0. The van der Waals surface area contributed by atoms with Crippen LogP contribution < -0.4 is 5.32 Å². The van der Waals surface area contributed by atoms with Gasteiger partial charge in [0.2, 0.25) is 5.91 Å². The minimum absolute atomic E-state index is 0.0755. The lowest BCUT2D eigenvalue weighted by Gasteiger charge is -2.11. The third-order valence-corrected chi connectivity index (χ3v) is 2.31. The van der Waals surface area contributed by atoms with Gasteiger partial charge in [-0.05, 0) is 6.07 Å². The van der Waals surface area contributed by atoms with E-state index in [2.05, 4.69) is 5.32 Å². The number of hydrogen-bond acceptors (Lipinski definition) is 4. The maximum Gasteiger partial charge on any atom is 0.292 e. The highest BCUT2D eigenvalue weighted by molar-refractivity contribution is 5.76. The van der Waals surface area contributed by atoms with Crippen LogP contribution in [-0.2, 0) is 4.79 Å². The monoisotopic (exact) mass is 255 g/mol. The average Bonchev–Trinajstić information content (AvgIpc) is 2.28. The highest BCUT2D eigenvalue weighted by Gasteiger charge is 2.14. The first-order chi connectivity index (χ1) is 8.41. The van der Waals surface area contributed by atoms with Gasteiger partial charge >= 0.3 is 0 Å². The van der Waals surface area contributed by atoms with Crippen molar-refractivity contribution in [2.45, 2.75) is 6.42 Å². The number of nitrogens with zero attached hydrogens (tertiary/aromatic N) is 2. The van der Waals surface area contributed by atoms with Gasteiger partial charge in [-0.15, -0.1) is 0 Å². The van der Waals surface area contributed by atoms with Gasteiger partial charge in [-0.2, -0.15) is 0 Å². The van der Waals surface area contributed by atoms with Crippen molar-refractivity contribution in [2.75, 3.05) is 26.0 Å². The lowest BCUT2D eigenvalue weighted by atomic mass is 10.2. The molecule has 6 nitrogen and oxygen atoms in total. The molecule has 1 N–H and O–H groups in total. The van der Waals surface area contributed by atoms with E-state index in [1.165, 1.54) is 4.90 Å². The van der Waals surface area contributed by atoms with Crippen LogP contribution in [0.3, 0.4) is 0 Å². The lowest BCUT2D eigenvalue weighted by Crippen LogP contribution is -2.24. The third kappa shape index (κ3) is 3.69. The molecule has 1 rings (SSSR count). The molecular weight excluding hydrogens is 241 g/mol. The van der Waals surface area contributed by atoms with E-state index in [0.29, 0.717) is 0 Å². The average molecular weight is 255 g/mol. The molecule has 1 amide bonds. The number of nitro benzene ring substituents is 1. The van der Waals surface area contributed by atoms with E-state index >= 15 is 0 Å². The summed E-state index contributed by atoms with van der Waals surface area (Å²) in [6.07, 6.45) is 0.181. The van der Waals surface area contributed by atoms with Crippen molar-refractivity contribution >= 4 is 17.3 Å². The van der Waals surface area contributed by atoms with Gasteiger partial charge in [0.05, 0.1) is 4.92 Å². The minimum Gasteiger partial charge on any atom is -0.379 e. The first-order valence-electron chi connectivity index (χ1n) is 5.30.